The van der Waals surface area contributed by atoms with E-state index in [0.717, 1.165) is 17.1 Å². The fraction of sp³-hybridized carbons (Fsp3) is 0.100. The van der Waals surface area contributed by atoms with Crippen LogP contribution in [-0.4, -0.2) is 22.0 Å². The number of rotatable bonds is 3. The molecule has 2 aromatic rings. The van der Waals surface area contributed by atoms with Crippen LogP contribution >= 0.6 is 0 Å². The molecule has 82 valence electrons. The second-order valence-electron chi connectivity index (χ2n) is 3.11. The highest BCUT2D eigenvalue weighted by Crippen LogP contribution is 2.27. The third kappa shape index (κ3) is 1.72. The molecule has 2 heterocycles. The summed E-state index contributed by atoms with van der Waals surface area (Å²) in [6.45, 7) is 0. The predicted molar refractivity (Wildman–Crippen MR) is 58.7 cm³/mol. The number of hydrogen-bond donors (Lipinski definition) is 1. The lowest BCUT2D eigenvalue weighted by molar-refractivity contribution is -0.400. The minimum atomic E-state index is -0.507. The van der Waals surface area contributed by atoms with Crippen molar-refractivity contribution in [1.29, 1.82) is 0 Å². The Morgan fingerprint density at radius 2 is 2.38 bits per heavy atom. The summed E-state index contributed by atoms with van der Waals surface area (Å²) < 4.78 is 5.15. The molecular formula is C10H9N3O3. The number of pyridine rings is 1. The van der Waals surface area contributed by atoms with Crippen molar-refractivity contribution in [2.45, 2.75) is 0 Å². The first-order chi connectivity index (χ1) is 7.72. The number of aromatic nitrogens is 2. The molecule has 0 aliphatic heterocycles. The van der Waals surface area contributed by atoms with Crippen LogP contribution in [0.4, 0.5) is 0 Å². The maximum Gasteiger partial charge on any atom is 0.235 e. The monoisotopic (exact) mass is 219 g/mol. The summed E-state index contributed by atoms with van der Waals surface area (Å²) in [5.41, 5.74) is 1.48. The van der Waals surface area contributed by atoms with Crippen LogP contribution in [0.5, 0.6) is 5.75 Å². The SMILES string of the molecule is COc1cncc2[nH]cc(/C=C/[N+](=O)[O-])c12. The van der Waals surface area contributed by atoms with Crippen molar-refractivity contribution in [3.8, 4) is 5.75 Å². The van der Waals surface area contributed by atoms with E-state index in [2.05, 4.69) is 9.97 Å². The molecule has 0 fully saturated rings. The third-order valence-electron chi connectivity index (χ3n) is 2.18. The lowest BCUT2D eigenvalue weighted by Crippen LogP contribution is -1.86. The Kier molecular flexibility index (Phi) is 2.55. The Morgan fingerprint density at radius 1 is 1.56 bits per heavy atom. The predicted octanol–water partition coefficient (Wildman–Crippen LogP) is 1.82. The first kappa shape index (κ1) is 10.2. The van der Waals surface area contributed by atoms with Crippen LogP contribution in [0, 0.1) is 10.1 Å². The zero-order chi connectivity index (χ0) is 11.5. The first-order valence-corrected chi connectivity index (χ1v) is 4.53. The van der Waals surface area contributed by atoms with Gasteiger partial charge in [-0.25, -0.2) is 0 Å². The van der Waals surface area contributed by atoms with Gasteiger partial charge in [-0.05, 0) is 0 Å². The van der Waals surface area contributed by atoms with Crippen LogP contribution < -0.4 is 4.74 Å². The second kappa shape index (κ2) is 4.01. The van der Waals surface area contributed by atoms with E-state index in [9.17, 15) is 10.1 Å². The molecule has 6 heteroatoms. The summed E-state index contributed by atoms with van der Waals surface area (Å²) in [6, 6.07) is 0. The van der Waals surface area contributed by atoms with Crippen LogP contribution in [-0.2, 0) is 0 Å². The number of aromatic amines is 1. The molecule has 1 N–H and O–H groups in total. The van der Waals surface area contributed by atoms with Crippen LogP contribution in [0.3, 0.4) is 0 Å². The average Bonchev–Trinajstić information content (AvgIpc) is 2.69. The largest absolute Gasteiger partial charge is 0.494 e. The van der Waals surface area contributed by atoms with E-state index >= 15 is 0 Å². The summed E-state index contributed by atoms with van der Waals surface area (Å²) in [6.07, 6.45) is 7.19. The molecule has 2 rings (SSSR count). The molecule has 0 radical (unpaired) electrons. The first-order valence-electron chi connectivity index (χ1n) is 4.53. The minimum absolute atomic E-state index is 0.507. The number of fused-ring (bicyclic) bond motifs is 1. The molecule has 0 aromatic carbocycles. The Labute approximate surface area is 90.7 Å². The zero-order valence-corrected chi connectivity index (χ0v) is 8.51. The summed E-state index contributed by atoms with van der Waals surface area (Å²) in [5, 5.41) is 11.0. The van der Waals surface area contributed by atoms with E-state index in [4.69, 9.17) is 4.74 Å². The Hall–Kier alpha value is -2.37. The number of ether oxygens (including phenoxy) is 1. The van der Waals surface area contributed by atoms with Crippen molar-refractivity contribution < 1.29 is 9.66 Å². The fourth-order valence-corrected chi connectivity index (χ4v) is 1.50. The molecule has 16 heavy (non-hydrogen) atoms. The average molecular weight is 219 g/mol. The van der Waals surface area contributed by atoms with Crippen LogP contribution in [0.1, 0.15) is 5.56 Å². The minimum Gasteiger partial charge on any atom is -0.494 e. The highest BCUT2D eigenvalue weighted by atomic mass is 16.6. The fourth-order valence-electron chi connectivity index (χ4n) is 1.50. The van der Waals surface area contributed by atoms with Crippen molar-refractivity contribution in [1.82, 2.24) is 9.97 Å². The van der Waals surface area contributed by atoms with Crippen molar-refractivity contribution in [3.63, 3.8) is 0 Å². The van der Waals surface area contributed by atoms with E-state index in [0.29, 0.717) is 11.3 Å². The summed E-state index contributed by atoms with van der Waals surface area (Å²) in [4.78, 5) is 16.7. The van der Waals surface area contributed by atoms with Gasteiger partial charge in [0.1, 0.15) is 5.75 Å². The molecule has 6 nitrogen and oxygen atoms in total. The highest BCUT2D eigenvalue weighted by Gasteiger charge is 2.08. The maximum absolute atomic E-state index is 10.2. The quantitative estimate of drug-likeness (QED) is 0.630. The molecule has 0 aliphatic carbocycles. The van der Waals surface area contributed by atoms with Gasteiger partial charge in [0.15, 0.2) is 0 Å². The van der Waals surface area contributed by atoms with E-state index < -0.39 is 4.92 Å². The van der Waals surface area contributed by atoms with Gasteiger partial charge in [0.05, 0.1) is 35.3 Å². The number of nitrogens with zero attached hydrogens (tertiary/aromatic N) is 2. The number of hydrogen-bond acceptors (Lipinski definition) is 4. The molecule has 0 aliphatic rings. The molecule has 0 spiro atoms. The van der Waals surface area contributed by atoms with Crippen LogP contribution in [0.25, 0.3) is 17.0 Å². The van der Waals surface area contributed by atoms with Gasteiger partial charge in [0.2, 0.25) is 6.20 Å². The van der Waals surface area contributed by atoms with Crippen molar-refractivity contribution >= 4 is 17.0 Å². The van der Waals surface area contributed by atoms with Crippen molar-refractivity contribution in [2.75, 3.05) is 7.11 Å². The maximum atomic E-state index is 10.2. The molecule has 0 unspecified atom stereocenters. The van der Waals surface area contributed by atoms with Gasteiger partial charge in [-0.1, -0.05) is 0 Å². The number of methoxy groups -OCH3 is 1. The van der Waals surface area contributed by atoms with Gasteiger partial charge in [0.25, 0.3) is 0 Å². The van der Waals surface area contributed by atoms with Crippen LogP contribution in [0.2, 0.25) is 0 Å². The Balaban J connectivity index is 2.58. The molecule has 0 bridgehead atoms. The van der Waals surface area contributed by atoms with Crippen molar-refractivity contribution in [3.05, 3.63) is 40.5 Å². The van der Waals surface area contributed by atoms with Crippen LogP contribution in [0.15, 0.2) is 24.8 Å². The second-order valence-corrected chi connectivity index (χ2v) is 3.11. The lowest BCUT2D eigenvalue weighted by Gasteiger charge is -2.00. The Morgan fingerprint density at radius 3 is 3.06 bits per heavy atom. The van der Waals surface area contributed by atoms with E-state index in [1.54, 1.807) is 18.6 Å². The number of nitrogens with one attached hydrogen (secondary N) is 1. The van der Waals surface area contributed by atoms with E-state index in [1.807, 2.05) is 0 Å². The van der Waals surface area contributed by atoms with Gasteiger partial charge in [-0.15, -0.1) is 0 Å². The number of nitro groups is 1. The van der Waals surface area contributed by atoms with Gasteiger partial charge in [-0.3, -0.25) is 15.1 Å². The Bertz CT molecular complexity index is 559. The molecule has 2 aromatic heterocycles. The third-order valence-corrected chi connectivity index (χ3v) is 2.18. The summed E-state index contributed by atoms with van der Waals surface area (Å²) in [7, 11) is 1.53. The molecule has 0 saturated heterocycles. The molecular weight excluding hydrogens is 210 g/mol. The zero-order valence-electron chi connectivity index (χ0n) is 8.51. The molecule has 0 amide bonds. The molecule has 0 atom stereocenters. The summed E-state index contributed by atoms with van der Waals surface area (Å²) >= 11 is 0. The normalized spacial score (nSPS) is 11.1. The van der Waals surface area contributed by atoms with E-state index in [1.165, 1.54) is 13.2 Å². The smallest absolute Gasteiger partial charge is 0.235 e. The van der Waals surface area contributed by atoms with Gasteiger partial charge in [-0.2, -0.15) is 0 Å². The number of H-pyrrole nitrogens is 1. The standard InChI is InChI=1S/C10H9N3O3/c1-16-9-6-11-5-8-10(9)7(4-12-8)2-3-13(14)15/h2-6,12H,1H3/b3-2+. The lowest BCUT2D eigenvalue weighted by atomic mass is 10.2. The van der Waals surface area contributed by atoms with Crippen molar-refractivity contribution in [2.24, 2.45) is 0 Å². The van der Waals surface area contributed by atoms with Gasteiger partial charge < -0.3 is 9.72 Å². The highest BCUT2D eigenvalue weighted by molar-refractivity contribution is 5.93. The van der Waals surface area contributed by atoms with Gasteiger partial charge in [0, 0.05) is 17.8 Å². The van der Waals surface area contributed by atoms with Gasteiger partial charge >= 0.3 is 0 Å². The molecule has 0 saturated carbocycles. The topological polar surface area (TPSA) is 81.0 Å². The summed E-state index contributed by atoms with van der Waals surface area (Å²) in [5.74, 6) is 0.585. The van der Waals surface area contributed by atoms with E-state index in [-0.39, 0.29) is 0 Å².